The summed E-state index contributed by atoms with van der Waals surface area (Å²) in [6.45, 7) is 6.86. The Morgan fingerprint density at radius 1 is 1.04 bits per heavy atom. The number of piperazine rings is 1. The predicted octanol–water partition coefficient (Wildman–Crippen LogP) is 1.97. The van der Waals surface area contributed by atoms with Crippen molar-refractivity contribution in [1.29, 1.82) is 0 Å². The Morgan fingerprint density at radius 3 is 2.65 bits per heavy atom. The van der Waals surface area contributed by atoms with Crippen molar-refractivity contribution in [1.82, 2.24) is 29.6 Å². The number of pyridine rings is 1. The minimum absolute atomic E-state index is 0.625. The molecule has 0 radical (unpaired) electrons. The fraction of sp³-hybridized carbons (Fsp3) is 0.474. The van der Waals surface area contributed by atoms with Crippen LogP contribution in [-0.2, 0) is 13.0 Å². The van der Waals surface area contributed by atoms with Crippen molar-refractivity contribution in [3.63, 3.8) is 0 Å². The van der Waals surface area contributed by atoms with E-state index in [4.69, 9.17) is 4.98 Å². The van der Waals surface area contributed by atoms with Gasteiger partial charge in [0.25, 0.3) is 0 Å². The first-order valence-corrected chi connectivity index (χ1v) is 9.29. The number of anilines is 1. The van der Waals surface area contributed by atoms with Crippen molar-refractivity contribution >= 4 is 16.9 Å². The first kappa shape index (κ1) is 16.9. The van der Waals surface area contributed by atoms with Gasteiger partial charge < -0.3 is 9.80 Å². The highest BCUT2D eigenvalue weighted by Crippen LogP contribution is 2.23. The maximum atomic E-state index is 4.74. The summed E-state index contributed by atoms with van der Waals surface area (Å²) in [4.78, 5) is 18.4. The Morgan fingerprint density at radius 2 is 1.85 bits per heavy atom. The smallest absolute Gasteiger partial charge is 0.163 e. The van der Waals surface area contributed by atoms with E-state index in [2.05, 4.69) is 57.0 Å². The third-order valence-electron chi connectivity index (χ3n) is 4.90. The highest BCUT2D eigenvalue weighted by molar-refractivity contribution is 5.86. The molecule has 3 aromatic rings. The molecule has 3 aromatic heterocycles. The van der Waals surface area contributed by atoms with Gasteiger partial charge in [0, 0.05) is 31.9 Å². The van der Waals surface area contributed by atoms with Gasteiger partial charge in [-0.2, -0.15) is 5.10 Å². The van der Waals surface area contributed by atoms with Gasteiger partial charge in [-0.05, 0) is 25.6 Å². The van der Waals surface area contributed by atoms with Crippen molar-refractivity contribution in [2.24, 2.45) is 0 Å². The van der Waals surface area contributed by atoms with Crippen LogP contribution in [0, 0.1) is 0 Å². The number of fused-ring (bicyclic) bond motifs is 1. The van der Waals surface area contributed by atoms with Crippen molar-refractivity contribution < 1.29 is 0 Å². The number of rotatable bonds is 5. The molecule has 0 N–H and O–H groups in total. The first-order valence-electron chi connectivity index (χ1n) is 9.29. The quantitative estimate of drug-likeness (QED) is 0.700. The van der Waals surface area contributed by atoms with Gasteiger partial charge in [-0.3, -0.25) is 4.98 Å². The molecular weight excluding hydrogens is 326 g/mol. The fourth-order valence-electron chi connectivity index (χ4n) is 3.43. The van der Waals surface area contributed by atoms with Crippen LogP contribution in [0.4, 0.5) is 5.82 Å². The van der Waals surface area contributed by atoms with Crippen LogP contribution in [0.15, 0.2) is 30.7 Å². The molecule has 0 atom stereocenters. The van der Waals surface area contributed by atoms with Crippen molar-refractivity contribution in [2.75, 3.05) is 38.1 Å². The average Bonchev–Trinajstić information content (AvgIpc) is 3.06. The second kappa shape index (κ2) is 7.37. The van der Waals surface area contributed by atoms with Gasteiger partial charge in [-0.25, -0.2) is 14.6 Å². The van der Waals surface area contributed by atoms with E-state index in [1.807, 2.05) is 10.9 Å². The Hall–Kier alpha value is -2.54. The lowest BCUT2D eigenvalue weighted by Crippen LogP contribution is -2.44. The van der Waals surface area contributed by atoms with Gasteiger partial charge in [0.1, 0.15) is 12.1 Å². The summed E-state index contributed by atoms with van der Waals surface area (Å²) in [6, 6.07) is 6.21. The molecule has 4 heterocycles. The lowest BCUT2D eigenvalue weighted by Gasteiger charge is -2.33. The number of likely N-dealkylation sites (N-methyl/N-ethyl adjacent to an activating group) is 1. The lowest BCUT2D eigenvalue weighted by atomic mass is 10.2. The van der Waals surface area contributed by atoms with E-state index in [-0.39, 0.29) is 0 Å². The van der Waals surface area contributed by atoms with Gasteiger partial charge in [-0.1, -0.05) is 19.4 Å². The van der Waals surface area contributed by atoms with E-state index < -0.39 is 0 Å². The van der Waals surface area contributed by atoms with Crippen LogP contribution in [-0.4, -0.2) is 62.9 Å². The SMILES string of the molecule is CCCc1cccc(Cn2ncc3c(N4CCN(C)CC4)ncnc32)n1. The van der Waals surface area contributed by atoms with Gasteiger partial charge in [0.05, 0.1) is 23.8 Å². The van der Waals surface area contributed by atoms with E-state index in [1.165, 1.54) is 0 Å². The maximum absolute atomic E-state index is 4.74. The Bertz CT molecular complexity index is 880. The molecule has 26 heavy (non-hydrogen) atoms. The van der Waals surface area contributed by atoms with Crippen LogP contribution in [0.2, 0.25) is 0 Å². The molecule has 136 valence electrons. The van der Waals surface area contributed by atoms with Crippen LogP contribution in [0.3, 0.4) is 0 Å². The average molecular weight is 351 g/mol. The minimum atomic E-state index is 0.625. The molecule has 0 aromatic carbocycles. The molecule has 0 unspecified atom stereocenters. The molecule has 1 fully saturated rings. The molecule has 0 aliphatic carbocycles. The topological polar surface area (TPSA) is 63.0 Å². The molecule has 1 aliphatic heterocycles. The Kier molecular flexibility index (Phi) is 4.79. The summed E-state index contributed by atoms with van der Waals surface area (Å²) >= 11 is 0. The van der Waals surface area contributed by atoms with Gasteiger partial charge >= 0.3 is 0 Å². The molecule has 1 saturated heterocycles. The zero-order valence-electron chi connectivity index (χ0n) is 15.5. The van der Waals surface area contributed by atoms with E-state index in [1.54, 1.807) is 6.33 Å². The normalized spacial score (nSPS) is 15.7. The summed E-state index contributed by atoms with van der Waals surface area (Å²) in [7, 11) is 2.16. The Labute approximate surface area is 153 Å². The zero-order valence-corrected chi connectivity index (χ0v) is 15.5. The van der Waals surface area contributed by atoms with E-state index >= 15 is 0 Å². The van der Waals surface area contributed by atoms with E-state index in [0.29, 0.717) is 6.54 Å². The predicted molar refractivity (Wildman–Crippen MR) is 102 cm³/mol. The third-order valence-corrected chi connectivity index (χ3v) is 4.90. The van der Waals surface area contributed by atoms with Gasteiger partial charge in [0.2, 0.25) is 0 Å². The van der Waals surface area contributed by atoms with Crippen LogP contribution >= 0.6 is 0 Å². The Balaban J connectivity index is 1.61. The van der Waals surface area contributed by atoms with Crippen molar-refractivity contribution in [2.45, 2.75) is 26.3 Å². The number of aryl methyl sites for hydroxylation is 1. The number of nitrogens with zero attached hydrogens (tertiary/aromatic N) is 7. The molecular formula is C19H25N7. The second-order valence-corrected chi connectivity index (χ2v) is 6.90. The molecule has 0 amide bonds. The monoisotopic (exact) mass is 351 g/mol. The highest BCUT2D eigenvalue weighted by Gasteiger charge is 2.19. The summed E-state index contributed by atoms with van der Waals surface area (Å²) < 4.78 is 1.93. The number of aromatic nitrogens is 5. The summed E-state index contributed by atoms with van der Waals surface area (Å²) in [6.07, 6.45) is 5.64. The minimum Gasteiger partial charge on any atom is -0.353 e. The largest absolute Gasteiger partial charge is 0.353 e. The zero-order chi connectivity index (χ0) is 17.9. The molecule has 0 spiro atoms. The van der Waals surface area contributed by atoms with E-state index in [0.717, 1.165) is 67.3 Å². The summed E-state index contributed by atoms with van der Waals surface area (Å²) in [5.41, 5.74) is 3.02. The van der Waals surface area contributed by atoms with E-state index in [9.17, 15) is 0 Å². The number of hydrogen-bond acceptors (Lipinski definition) is 6. The number of hydrogen-bond donors (Lipinski definition) is 0. The van der Waals surface area contributed by atoms with Crippen LogP contribution < -0.4 is 4.90 Å². The molecule has 0 saturated carbocycles. The summed E-state index contributed by atoms with van der Waals surface area (Å²) in [5, 5.41) is 5.59. The molecule has 0 bridgehead atoms. The molecule has 7 heteroatoms. The van der Waals surface area contributed by atoms with Gasteiger partial charge in [-0.15, -0.1) is 0 Å². The maximum Gasteiger partial charge on any atom is 0.163 e. The van der Waals surface area contributed by atoms with Crippen molar-refractivity contribution in [3.05, 3.63) is 42.1 Å². The second-order valence-electron chi connectivity index (χ2n) is 6.90. The van der Waals surface area contributed by atoms with Gasteiger partial charge in [0.15, 0.2) is 5.65 Å². The highest BCUT2D eigenvalue weighted by atomic mass is 15.3. The molecule has 1 aliphatic rings. The third kappa shape index (κ3) is 3.39. The summed E-state index contributed by atoms with van der Waals surface area (Å²) in [5.74, 6) is 0.988. The molecule has 7 nitrogen and oxygen atoms in total. The standard InChI is InChI=1S/C19H25N7/c1-3-5-15-6-4-7-16(23-15)13-26-19-17(12-22-26)18(20-14-21-19)25-10-8-24(2)9-11-25/h4,6-7,12,14H,3,5,8-11,13H2,1-2H3. The first-order chi connectivity index (χ1) is 12.7. The van der Waals surface area contributed by atoms with Crippen LogP contribution in [0.1, 0.15) is 24.7 Å². The van der Waals surface area contributed by atoms with Crippen LogP contribution in [0.5, 0.6) is 0 Å². The lowest BCUT2D eigenvalue weighted by molar-refractivity contribution is 0.312. The fourth-order valence-corrected chi connectivity index (χ4v) is 3.43. The van der Waals surface area contributed by atoms with Crippen LogP contribution in [0.25, 0.3) is 11.0 Å². The molecule has 4 rings (SSSR count). The van der Waals surface area contributed by atoms with Crippen molar-refractivity contribution in [3.8, 4) is 0 Å².